The maximum absolute atomic E-state index is 11.5. The molecular weight excluding hydrogens is 360 g/mol. The number of rotatable bonds is 5. The first kappa shape index (κ1) is 17.4. The number of furan rings is 1. The van der Waals surface area contributed by atoms with Crippen molar-refractivity contribution < 1.29 is 13.9 Å². The fourth-order valence-electron chi connectivity index (χ4n) is 2.85. The molecule has 0 unspecified atom stereocenters. The minimum atomic E-state index is -0.474. The molecule has 6 heteroatoms. The van der Waals surface area contributed by atoms with Crippen LogP contribution in [0.4, 0.5) is 0 Å². The highest BCUT2D eigenvalue weighted by Crippen LogP contribution is 2.30. The molecule has 0 spiro atoms. The summed E-state index contributed by atoms with van der Waals surface area (Å²) in [6.07, 6.45) is 0. The molecule has 0 amide bonds. The van der Waals surface area contributed by atoms with Gasteiger partial charge in [-0.25, -0.2) is 9.78 Å². The van der Waals surface area contributed by atoms with Crippen molar-refractivity contribution in [2.75, 3.05) is 7.11 Å². The number of benzene rings is 2. The lowest BCUT2D eigenvalue weighted by molar-refractivity contribution is 0.0563. The predicted octanol–water partition coefficient (Wildman–Crippen LogP) is 5.01. The third-order valence-electron chi connectivity index (χ3n) is 4.21. The van der Waals surface area contributed by atoms with Crippen molar-refractivity contribution in [1.29, 1.82) is 0 Å². The summed E-state index contributed by atoms with van der Waals surface area (Å²) >= 11 is 1.56. The van der Waals surface area contributed by atoms with Gasteiger partial charge in [-0.2, -0.15) is 0 Å². The van der Waals surface area contributed by atoms with Gasteiger partial charge in [0.1, 0.15) is 5.76 Å². The molecule has 0 aliphatic carbocycles. The van der Waals surface area contributed by atoms with E-state index in [0.717, 1.165) is 21.9 Å². The monoisotopic (exact) mass is 378 g/mol. The molecule has 0 saturated carbocycles. The van der Waals surface area contributed by atoms with Crippen molar-refractivity contribution in [2.45, 2.75) is 17.8 Å². The summed E-state index contributed by atoms with van der Waals surface area (Å²) in [5.74, 6) is 0.993. The Labute approximate surface area is 161 Å². The molecule has 0 aliphatic heterocycles. The zero-order valence-electron chi connectivity index (χ0n) is 15.0. The van der Waals surface area contributed by atoms with Gasteiger partial charge in [-0.15, -0.1) is 0 Å². The molecule has 0 aliphatic rings. The van der Waals surface area contributed by atoms with E-state index in [2.05, 4.69) is 46.6 Å². The number of fused-ring (bicyclic) bond motifs is 1. The fraction of sp³-hybridized carbons (Fsp3) is 0.143. The molecule has 2 aromatic carbocycles. The van der Waals surface area contributed by atoms with Crippen LogP contribution in [0.5, 0.6) is 0 Å². The molecular formula is C21H18N2O3S. The molecule has 2 heterocycles. The molecule has 4 aromatic rings. The van der Waals surface area contributed by atoms with Gasteiger partial charge in [0, 0.05) is 5.69 Å². The van der Waals surface area contributed by atoms with Crippen molar-refractivity contribution in [3.05, 3.63) is 77.7 Å². The molecule has 4 rings (SSSR count). The van der Waals surface area contributed by atoms with E-state index in [1.807, 2.05) is 18.2 Å². The lowest BCUT2D eigenvalue weighted by Gasteiger charge is -2.09. The van der Waals surface area contributed by atoms with Crippen LogP contribution in [-0.4, -0.2) is 22.6 Å². The van der Waals surface area contributed by atoms with Crippen LogP contribution in [0, 0.1) is 6.92 Å². The largest absolute Gasteiger partial charge is 0.463 e. The van der Waals surface area contributed by atoms with Gasteiger partial charge in [-0.3, -0.25) is 4.57 Å². The minimum Gasteiger partial charge on any atom is -0.463 e. The zero-order chi connectivity index (χ0) is 18.8. The van der Waals surface area contributed by atoms with E-state index in [1.54, 1.807) is 23.9 Å². The van der Waals surface area contributed by atoms with Crippen LogP contribution in [0.1, 0.15) is 21.9 Å². The lowest BCUT2D eigenvalue weighted by atomic mass is 10.2. The second-order valence-electron chi connectivity index (χ2n) is 6.10. The Hall–Kier alpha value is -2.99. The van der Waals surface area contributed by atoms with E-state index in [9.17, 15) is 4.79 Å². The number of hydrogen-bond donors (Lipinski definition) is 0. The summed E-state index contributed by atoms with van der Waals surface area (Å²) in [7, 11) is 1.34. The van der Waals surface area contributed by atoms with Crippen molar-refractivity contribution in [1.82, 2.24) is 9.55 Å². The van der Waals surface area contributed by atoms with Crippen molar-refractivity contribution in [3.63, 3.8) is 0 Å². The quantitative estimate of drug-likeness (QED) is 0.361. The van der Waals surface area contributed by atoms with Gasteiger partial charge in [0.25, 0.3) is 0 Å². The van der Waals surface area contributed by atoms with E-state index in [-0.39, 0.29) is 5.76 Å². The highest BCUT2D eigenvalue weighted by atomic mass is 32.2. The maximum atomic E-state index is 11.5. The smallest absolute Gasteiger partial charge is 0.373 e. The van der Waals surface area contributed by atoms with Crippen LogP contribution in [-0.2, 0) is 10.5 Å². The lowest BCUT2D eigenvalue weighted by Crippen LogP contribution is -1.98. The predicted molar refractivity (Wildman–Crippen MR) is 105 cm³/mol. The molecule has 0 atom stereocenters. The third kappa shape index (κ3) is 3.48. The van der Waals surface area contributed by atoms with Gasteiger partial charge in [-0.05, 0) is 43.3 Å². The summed E-state index contributed by atoms with van der Waals surface area (Å²) in [5, 5.41) is 0.871. The Balaban J connectivity index is 1.67. The van der Waals surface area contributed by atoms with Gasteiger partial charge in [0.2, 0.25) is 5.76 Å². The van der Waals surface area contributed by atoms with E-state index in [0.29, 0.717) is 11.5 Å². The first-order valence-corrected chi connectivity index (χ1v) is 9.48. The zero-order valence-corrected chi connectivity index (χ0v) is 15.8. The van der Waals surface area contributed by atoms with E-state index < -0.39 is 5.97 Å². The first-order valence-electron chi connectivity index (χ1n) is 8.50. The van der Waals surface area contributed by atoms with Gasteiger partial charge >= 0.3 is 5.97 Å². The normalized spacial score (nSPS) is 11.0. The Morgan fingerprint density at radius 2 is 1.89 bits per heavy atom. The number of aryl methyl sites for hydroxylation is 1. The molecule has 0 fully saturated rings. The van der Waals surface area contributed by atoms with Crippen LogP contribution in [0.3, 0.4) is 0 Å². The molecule has 136 valence electrons. The van der Waals surface area contributed by atoms with E-state index in [4.69, 9.17) is 9.40 Å². The Morgan fingerprint density at radius 3 is 2.67 bits per heavy atom. The van der Waals surface area contributed by atoms with Crippen molar-refractivity contribution in [2.24, 2.45) is 0 Å². The standard InChI is InChI=1S/C21H18N2O3S/c1-14-7-9-15(10-8-14)23-18-6-4-3-5-17(18)22-21(23)27-13-16-11-12-19(26-16)20(24)25-2/h3-12H,13H2,1-2H3. The van der Waals surface area contributed by atoms with Crippen molar-refractivity contribution in [3.8, 4) is 5.69 Å². The van der Waals surface area contributed by atoms with Crippen LogP contribution in [0.15, 0.2) is 70.2 Å². The number of methoxy groups -OCH3 is 1. The number of nitrogens with zero attached hydrogens (tertiary/aromatic N) is 2. The highest BCUT2D eigenvalue weighted by molar-refractivity contribution is 7.98. The number of carbonyl (C=O) groups is 1. The fourth-order valence-corrected chi connectivity index (χ4v) is 3.77. The Bertz CT molecular complexity index is 1100. The number of imidazole rings is 1. The van der Waals surface area contributed by atoms with Gasteiger partial charge in [-0.1, -0.05) is 41.6 Å². The topological polar surface area (TPSA) is 57.3 Å². The molecule has 0 N–H and O–H groups in total. The van der Waals surface area contributed by atoms with Gasteiger partial charge in [0.15, 0.2) is 5.16 Å². The number of ether oxygens (including phenoxy) is 1. The second-order valence-corrected chi connectivity index (χ2v) is 7.04. The number of esters is 1. The SMILES string of the molecule is COC(=O)c1ccc(CSc2nc3ccccc3n2-c2ccc(C)cc2)o1. The Morgan fingerprint density at radius 1 is 1.11 bits per heavy atom. The van der Waals surface area contributed by atoms with Gasteiger partial charge < -0.3 is 9.15 Å². The highest BCUT2D eigenvalue weighted by Gasteiger charge is 2.15. The Kier molecular flexibility index (Phi) is 4.73. The summed E-state index contributed by atoms with van der Waals surface area (Å²) < 4.78 is 12.4. The van der Waals surface area contributed by atoms with E-state index in [1.165, 1.54) is 12.7 Å². The molecule has 0 saturated heterocycles. The number of thioether (sulfide) groups is 1. The number of para-hydroxylation sites is 2. The van der Waals surface area contributed by atoms with Crippen LogP contribution >= 0.6 is 11.8 Å². The molecule has 0 bridgehead atoms. The van der Waals surface area contributed by atoms with Crippen LogP contribution in [0.2, 0.25) is 0 Å². The number of hydrogen-bond acceptors (Lipinski definition) is 5. The van der Waals surface area contributed by atoms with Gasteiger partial charge in [0.05, 0.1) is 23.9 Å². The first-order chi connectivity index (χ1) is 13.2. The molecule has 0 radical (unpaired) electrons. The summed E-state index contributed by atoms with van der Waals surface area (Å²) in [6.45, 7) is 2.07. The summed E-state index contributed by atoms with van der Waals surface area (Å²) in [4.78, 5) is 16.3. The number of aromatic nitrogens is 2. The van der Waals surface area contributed by atoms with E-state index >= 15 is 0 Å². The van der Waals surface area contributed by atoms with Crippen LogP contribution < -0.4 is 0 Å². The molecule has 2 aromatic heterocycles. The third-order valence-corrected chi connectivity index (χ3v) is 5.17. The van der Waals surface area contributed by atoms with Crippen LogP contribution in [0.25, 0.3) is 16.7 Å². The molecule has 5 nitrogen and oxygen atoms in total. The summed E-state index contributed by atoms with van der Waals surface area (Å²) in [5.41, 5.74) is 4.27. The van der Waals surface area contributed by atoms with Crippen molar-refractivity contribution >= 4 is 28.8 Å². The minimum absolute atomic E-state index is 0.208. The average Bonchev–Trinajstić information content (AvgIpc) is 3.31. The average molecular weight is 378 g/mol. The summed E-state index contributed by atoms with van der Waals surface area (Å²) in [6, 6.07) is 19.9. The second kappa shape index (κ2) is 7.32. The maximum Gasteiger partial charge on any atom is 0.373 e. The molecule has 27 heavy (non-hydrogen) atoms. The number of carbonyl (C=O) groups excluding carboxylic acids is 1.